The highest BCUT2D eigenvalue weighted by molar-refractivity contribution is 5.14. The van der Waals surface area contributed by atoms with E-state index >= 15 is 0 Å². The van der Waals surface area contributed by atoms with Crippen LogP contribution in [-0.4, -0.2) is 24.4 Å². The number of fused-ring (bicyclic) bond motifs is 1. The zero-order chi connectivity index (χ0) is 9.80. The number of aliphatic hydroxyl groups is 1. The first-order chi connectivity index (χ1) is 6.92. The number of rotatable bonds is 3. The van der Waals surface area contributed by atoms with Crippen LogP contribution in [0.2, 0.25) is 0 Å². The predicted octanol–water partition coefficient (Wildman–Crippen LogP) is 2.27. The van der Waals surface area contributed by atoms with Crippen LogP contribution in [0.25, 0.3) is 0 Å². The Bertz CT molecular complexity index is 210. The number of aliphatic hydroxyl groups excluding tert-OH is 1. The van der Waals surface area contributed by atoms with E-state index < -0.39 is 0 Å². The van der Waals surface area contributed by atoms with E-state index in [4.69, 9.17) is 9.84 Å². The number of hydrogen-bond donors (Lipinski definition) is 1. The molecule has 1 N–H and O–H groups in total. The van der Waals surface area contributed by atoms with Crippen molar-refractivity contribution < 1.29 is 9.84 Å². The van der Waals surface area contributed by atoms with Crippen LogP contribution in [0.5, 0.6) is 0 Å². The van der Waals surface area contributed by atoms with E-state index in [1.165, 1.54) is 32.1 Å². The molecule has 0 radical (unpaired) electrons. The molecule has 80 valence electrons. The van der Waals surface area contributed by atoms with Gasteiger partial charge < -0.3 is 9.84 Å². The maximum absolute atomic E-state index is 8.75. The second-order valence-corrected chi connectivity index (χ2v) is 4.34. The summed E-state index contributed by atoms with van der Waals surface area (Å²) >= 11 is 0. The molecule has 2 rings (SSSR count). The van der Waals surface area contributed by atoms with Gasteiger partial charge in [0.05, 0.1) is 19.3 Å². The van der Waals surface area contributed by atoms with E-state index in [0.717, 1.165) is 6.42 Å². The third-order valence-electron chi connectivity index (χ3n) is 3.44. The van der Waals surface area contributed by atoms with Gasteiger partial charge in [0, 0.05) is 5.92 Å². The van der Waals surface area contributed by atoms with Gasteiger partial charge in [-0.05, 0) is 32.1 Å². The van der Waals surface area contributed by atoms with Crippen LogP contribution in [0, 0.1) is 5.92 Å². The lowest BCUT2D eigenvalue weighted by atomic mass is 9.76. The molecule has 2 nitrogen and oxygen atoms in total. The summed E-state index contributed by atoms with van der Waals surface area (Å²) in [5, 5.41) is 8.75. The number of hydrogen-bond acceptors (Lipinski definition) is 2. The lowest BCUT2D eigenvalue weighted by Crippen LogP contribution is -2.31. The molecule has 2 heteroatoms. The van der Waals surface area contributed by atoms with Gasteiger partial charge in [-0.1, -0.05) is 18.1 Å². The van der Waals surface area contributed by atoms with Gasteiger partial charge in [-0.15, -0.1) is 0 Å². The highest BCUT2D eigenvalue weighted by atomic mass is 16.5. The van der Waals surface area contributed by atoms with Gasteiger partial charge in [-0.25, -0.2) is 0 Å². The molecule has 2 unspecified atom stereocenters. The van der Waals surface area contributed by atoms with E-state index in [2.05, 4.69) is 6.08 Å². The molecule has 0 bridgehead atoms. The third-order valence-corrected chi connectivity index (χ3v) is 3.44. The van der Waals surface area contributed by atoms with Gasteiger partial charge in [0.25, 0.3) is 0 Å². The maximum Gasteiger partial charge on any atom is 0.0701 e. The second-order valence-electron chi connectivity index (χ2n) is 4.34. The number of ether oxygens (including phenoxy) is 1. The summed E-state index contributed by atoms with van der Waals surface area (Å²) in [5.74, 6) is 0.670. The van der Waals surface area contributed by atoms with Crippen LogP contribution < -0.4 is 0 Å². The molecular formula is C12H20O2. The zero-order valence-corrected chi connectivity index (χ0v) is 8.74. The quantitative estimate of drug-likeness (QED) is 0.702. The monoisotopic (exact) mass is 196 g/mol. The summed E-state index contributed by atoms with van der Waals surface area (Å²) in [6.07, 6.45) is 10.4. The Morgan fingerprint density at radius 2 is 2.29 bits per heavy atom. The normalized spacial score (nSPS) is 32.2. The molecule has 0 aromatic rings. The minimum absolute atomic E-state index is 0.155. The molecule has 2 aliphatic rings. The van der Waals surface area contributed by atoms with Gasteiger partial charge in [0.2, 0.25) is 0 Å². The summed E-state index contributed by atoms with van der Waals surface area (Å²) < 4.78 is 5.71. The molecule has 2 aliphatic carbocycles. The molecular weight excluding hydrogens is 176 g/mol. The molecule has 1 fully saturated rings. The predicted molar refractivity (Wildman–Crippen MR) is 56.1 cm³/mol. The van der Waals surface area contributed by atoms with Gasteiger partial charge >= 0.3 is 0 Å². The average Bonchev–Trinajstić information content (AvgIpc) is 2.26. The second kappa shape index (κ2) is 4.94. The fourth-order valence-electron chi connectivity index (χ4n) is 2.78. The van der Waals surface area contributed by atoms with Crippen molar-refractivity contribution in [2.24, 2.45) is 5.92 Å². The fourth-order valence-corrected chi connectivity index (χ4v) is 2.78. The first-order valence-electron chi connectivity index (χ1n) is 5.83. The molecule has 0 saturated heterocycles. The minimum Gasteiger partial charge on any atom is -0.394 e. The summed E-state index contributed by atoms with van der Waals surface area (Å²) in [4.78, 5) is 0. The Labute approximate surface area is 86.0 Å². The topological polar surface area (TPSA) is 29.5 Å². The Hall–Kier alpha value is -0.340. The van der Waals surface area contributed by atoms with Crippen LogP contribution in [0.4, 0.5) is 0 Å². The molecule has 0 spiro atoms. The van der Waals surface area contributed by atoms with Crippen LogP contribution in [0.1, 0.15) is 38.5 Å². The number of allylic oxidation sites excluding steroid dienone is 1. The van der Waals surface area contributed by atoms with Crippen molar-refractivity contribution in [2.45, 2.75) is 44.6 Å². The molecule has 0 amide bonds. The van der Waals surface area contributed by atoms with Crippen molar-refractivity contribution in [2.75, 3.05) is 13.2 Å². The van der Waals surface area contributed by atoms with Crippen molar-refractivity contribution in [1.82, 2.24) is 0 Å². The highest BCUT2D eigenvalue weighted by Crippen LogP contribution is 2.37. The van der Waals surface area contributed by atoms with Crippen molar-refractivity contribution in [3.05, 3.63) is 11.6 Å². The van der Waals surface area contributed by atoms with Gasteiger partial charge in [-0.3, -0.25) is 0 Å². The Kier molecular flexibility index (Phi) is 3.60. The molecule has 1 saturated carbocycles. The lowest BCUT2D eigenvalue weighted by Gasteiger charge is -2.35. The largest absolute Gasteiger partial charge is 0.394 e. The molecule has 0 aliphatic heterocycles. The molecule has 0 heterocycles. The summed E-state index contributed by atoms with van der Waals surface area (Å²) in [5.41, 5.74) is 1.63. The molecule has 14 heavy (non-hydrogen) atoms. The molecule has 0 aromatic heterocycles. The van der Waals surface area contributed by atoms with Crippen LogP contribution in [-0.2, 0) is 4.74 Å². The van der Waals surface area contributed by atoms with Crippen LogP contribution in [0.15, 0.2) is 11.6 Å². The summed E-state index contributed by atoms with van der Waals surface area (Å²) in [6, 6.07) is 0. The zero-order valence-electron chi connectivity index (χ0n) is 8.74. The van der Waals surface area contributed by atoms with Gasteiger partial charge in [-0.2, -0.15) is 0 Å². The first kappa shape index (κ1) is 10.2. The Morgan fingerprint density at radius 3 is 3.14 bits per heavy atom. The summed E-state index contributed by atoms with van der Waals surface area (Å²) in [7, 11) is 0. The maximum atomic E-state index is 8.75. The first-order valence-corrected chi connectivity index (χ1v) is 5.83. The molecule has 2 atom stereocenters. The smallest absolute Gasteiger partial charge is 0.0701 e. The van der Waals surface area contributed by atoms with E-state index in [1.807, 2.05) is 0 Å². The Morgan fingerprint density at radius 1 is 1.36 bits per heavy atom. The SMILES string of the molecule is OCCOC1CCC=C2CCCCC21. The van der Waals surface area contributed by atoms with Crippen LogP contribution >= 0.6 is 0 Å². The van der Waals surface area contributed by atoms with Crippen molar-refractivity contribution in [3.63, 3.8) is 0 Å². The van der Waals surface area contributed by atoms with E-state index in [9.17, 15) is 0 Å². The molecule has 0 aromatic carbocycles. The van der Waals surface area contributed by atoms with Crippen molar-refractivity contribution >= 4 is 0 Å². The van der Waals surface area contributed by atoms with Crippen molar-refractivity contribution in [3.8, 4) is 0 Å². The van der Waals surface area contributed by atoms with Crippen LogP contribution in [0.3, 0.4) is 0 Å². The van der Waals surface area contributed by atoms with Gasteiger partial charge in [0.15, 0.2) is 0 Å². The summed E-state index contributed by atoms with van der Waals surface area (Å²) in [6.45, 7) is 0.663. The average molecular weight is 196 g/mol. The fraction of sp³-hybridized carbons (Fsp3) is 0.833. The third kappa shape index (κ3) is 2.18. The van der Waals surface area contributed by atoms with E-state index in [1.54, 1.807) is 5.57 Å². The Balaban J connectivity index is 1.95. The van der Waals surface area contributed by atoms with Crippen molar-refractivity contribution in [1.29, 1.82) is 0 Å². The van der Waals surface area contributed by atoms with E-state index in [0.29, 0.717) is 18.6 Å². The highest BCUT2D eigenvalue weighted by Gasteiger charge is 2.29. The van der Waals surface area contributed by atoms with E-state index in [-0.39, 0.29) is 6.61 Å². The lowest BCUT2D eigenvalue weighted by molar-refractivity contribution is -0.0100. The standard InChI is InChI=1S/C12H20O2/c13-8-9-14-12-7-3-5-10-4-1-2-6-11(10)12/h5,11-13H,1-4,6-9H2. The minimum atomic E-state index is 0.155. The van der Waals surface area contributed by atoms with Gasteiger partial charge in [0.1, 0.15) is 0 Å².